The number of carbonyl (C=O) groups is 1. The third-order valence-corrected chi connectivity index (χ3v) is 1.96. The number of nitrogens with one attached hydrogen (secondary N) is 1. The summed E-state index contributed by atoms with van der Waals surface area (Å²) in [6.07, 6.45) is 0.476. The van der Waals surface area contributed by atoms with Crippen LogP contribution in [0.1, 0.15) is 5.56 Å². The molecule has 0 unspecified atom stereocenters. The van der Waals surface area contributed by atoms with E-state index in [1.54, 1.807) is 12.1 Å². The lowest BCUT2D eigenvalue weighted by Gasteiger charge is -2.01. The van der Waals surface area contributed by atoms with Gasteiger partial charge in [0.15, 0.2) is 0 Å². The van der Waals surface area contributed by atoms with Crippen molar-refractivity contribution in [3.05, 3.63) is 35.6 Å². The van der Waals surface area contributed by atoms with Gasteiger partial charge in [0.2, 0.25) is 5.91 Å². The molecular weight excluding hydrogens is 183 g/mol. The van der Waals surface area contributed by atoms with E-state index in [1.165, 1.54) is 12.1 Å². The number of benzene rings is 1. The topological polar surface area (TPSA) is 41.5 Å². The number of hydrogen-bond donors (Lipinski definition) is 1. The first-order chi connectivity index (χ1) is 6.74. The molecule has 1 aliphatic heterocycles. The van der Waals surface area contributed by atoms with Crippen molar-refractivity contribution in [2.75, 3.05) is 6.54 Å². The molecule has 14 heavy (non-hydrogen) atoms. The highest BCUT2D eigenvalue weighted by molar-refractivity contribution is 6.04. The maximum Gasteiger partial charge on any atom is 0.247 e. The van der Waals surface area contributed by atoms with Crippen LogP contribution in [0.2, 0.25) is 0 Å². The molecule has 3 nitrogen and oxygen atoms in total. The van der Waals surface area contributed by atoms with Crippen LogP contribution in [0.4, 0.5) is 4.39 Å². The fraction of sp³-hybridized carbons (Fsp3) is 0.200. The Bertz CT molecular complexity index is 401. The lowest BCUT2D eigenvalue weighted by Crippen LogP contribution is -2.25. The smallest absolute Gasteiger partial charge is 0.247 e. The highest BCUT2D eigenvalue weighted by Gasteiger charge is 2.13. The van der Waals surface area contributed by atoms with Gasteiger partial charge in [0.25, 0.3) is 0 Å². The lowest BCUT2D eigenvalue weighted by atomic mass is 10.1. The van der Waals surface area contributed by atoms with Crippen molar-refractivity contribution < 1.29 is 9.18 Å². The highest BCUT2D eigenvalue weighted by atomic mass is 19.1. The molecule has 1 heterocycles. The van der Waals surface area contributed by atoms with Gasteiger partial charge in [-0.1, -0.05) is 12.1 Å². The first-order valence-corrected chi connectivity index (χ1v) is 4.31. The molecule has 0 bridgehead atoms. The van der Waals surface area contributed by atoms with Crippen LogP contribution >= 0.6 is 0 Å². The van der Waals surface area contributed by atoms with Gasteiger partial charge in [-0.3, -0.25) is 9.79 Å². The van der Waals surface area contributed by atoms with Gasteiger partial charge in [-0.05, 0) is 17.7 Å². The minimum Gasteiger partial charge on any atom is -0.313 e. The van der Waals surface area contributed by atoms with E-state index in [1.807, 2.05) is 0 Å². The predicted octanol–water partition coefficient (Wildman–Crippen LogP) is 0.897. The molecule has 1 aromatic rings. The van der Waals surface area contributed by atoms with E-state index in [2.05, 4.69) is 10.3 Å². The zero-order valence-electron chi connectivity index (χ0n) is 7.46. The minimum atomic E-state index is -0.271. The van der Waals surface area contributed by atoms with Crippen molar-refractivity contribution >= 4 is 11.7 Å². The molecule has 72 valence electrons. The van der Waals surface area contributed by atoms with Crippen molar-refractivity contribution in [3.8, 4) is 0 Å². The summed E-state index contributed by atoms with van der Waals surface area (Å²) in [5.74, 6) is 0.240. The number of carbonyl (C=O) groups excluding carboxylic acids is 1. The Hall–Kier alpha value is -1.71. The zero-order valence-corrected chi connectivity index (χ0v) is 7.46. The molecule has 0 aromatic heterocycles. The van der Waals surface area contributed by atoms with E-state index in [-0.39, 0.29) is 18.3 Å². The minimum absolute atomic E-state index is 0.101. The maximum absolute atomic E-state index is 12.8. The molecule has 1 aliphatic rings. The molecule has 0 aliphatic carbocycles. The standard InChI is InChI=1S/C10H9FN2O/c11-8-3-1-2-7(4-8)5-9-12-6-10(14)13-9/h1-4H,5-6H2,(H,12,13,14). The van der Waals surface area contributed by atoms with Crippen LogP contribution < -0.4 is 5.32 Å². The van der Waals surface area contributed by atoms with Gasteiger partial charge in [0, 0.05) is 6.42 Å². The molecular formula is C10H9FN2O. The second-order valence-corrected chi connectivity index (χ2v) is 3.12. The summed E-state index contributed by atoms with van der Waals surface area (Å²) in [4.78, 5) is 14.8. The summed E-state index contributed by atoms with van der Waals surface area (Å²) in [6, 6.07) is 6.27. The number of nitrogens with zero attached hydrogens (tertiary/aromatic N) is 1. The fourth-order valence-corrected chi connectivity index (χ4v) is 1.35. The van der Waals surface area contributed by atoms with E-state index in [9.17, 15) is 9.18 Å². The second kappa shape index (κ2) is 3.57. The van der Waals surface area contributed by atoms with Crippen LogP contribution in [0.3, 0.4) is 0 Å². The van der Waals surface area contributed by atoms with E-state index < -0.39 is 0 Å². The number of hydrogen-bond acceptors (Lipinski definition) is 2. The Labute approximate surface area is 80.7 Å². The van der Waals surface area contributed by atoms with Gasteiger partial charge < -0.3 is 5.32 Å². The molecule has 0 fully saturated rings. The van der Waals surface area contributed by atoms with Crippen molar-refractivity contribution in [3.63, 3.8) is 0 Å². The Morgan fingerprint density at radius 3 is 3.00 bits per heavy atom. The molecule has 0 saturated heterocycles. The Morgan fingerprint density at radius 1 is 1.50 bits per heavy atom. The van der Waals surface area contributed by atoms with Gasteiger partial charge in [-0.2, -0.15) is 0 Å². The van der Waals surface area contributed by atoms with Crippen LogP contribution in [0.25, 0.3) is 0 Å². The van der Waals surface area contributed by atoms with Crippen LogP contribution in [0, 0.1) is 5.82 Å². The monoisotopic (exact) mass is 192 g/mol. The van der Waals surface area contributed by atoms with Gasteiger partial charge in [-0.25, -0.2) is 4.39 Å². The third kappa shape index (κ3) is 1.96. The van der Waals surface area contributed by atoms with Gasteiger partial charge in [0.05, 0.1) is 0 Å². The van der Waals surface area contributed by atoms with E-state index >= 15 is 0 Å². The van der Waals surface area contributed by atoms with Crippen LogP contribution in [-0.2, 0) is 11.2 Å². The number of amides is 1. The molecule has 1 aromatic carbocycles. The van der Waals surface area contributed by atoms with Gasteiger partial charge >= 0.3 is 0 Å². The van der Waals surface area contributed by atoms with E-state index in [0.717, 1.165) is 5.56 Å². The molecule has 2 rings (SSSR count). The van der Waals surface area contributed by atoms with Crippen LogP contribution in [0.5, 0.6) is 0 Å². The first-order valence-electron chi connectivity index (χ1n) is 4.31. The van der Waals surface area contributed by atoms with E-state index in [0.29, 0.717) is 12.3 Å². The normalized spacial score (nSPS) is 15.2. The third-order valence-electron chi connectivity index (χ3n) is 1.96. The first kappa shape index (κ1) is 8.87. The van der Waals surface area contributed by atoms with Crippen LogP contribution in [-0.4, -0.2) is 18.3 Å². The average Bonchev–Trinajstić information content (AvgIpc) is 2.51. The Morgan fingerprint density at radius 2 is 2.36 bits per heavy atom. The molecule has 4 heteroatoms. The van der Waals surface area contributed by atoms with Crippen molar-refractivity contribution in [1.29, 1.82) is 0 Å². The van der Waals surface area contributed by atoms with Gasteiger partial charge in [-0.15, -0.1) is 0 Å². The van der Waals surface area contributed by atoms with E-state index in [4.69, 9.17) is 0 Å². The number of amidine groups is 1. The fourth-order valence-electron chi connectivity index (χ4n) is 1.35. The molecule has 0 atom stereocenters. The highest BCUT2D eigenvalue weighted by Crippen LogP contribution is 2.05. The largest absolute Gasteiger partial charge is 0.313 e. The summed E-state index contributed by atoms with van der Waals surface area (Å²) < 4.78 is 12.8. The van der Waals surface area contributed by atoms with Crippen molar-refractivity contribution in [1.82, 2.24) is 5.32 Å². The summed E-state index contributed by atoms with van der Waals surface area (Å²) in [6.45, 7) is 0.185. The predicted molar refractivity (Wildman–Crippen MR) is 50.5 cm³/mol. The maximum atomic E-state index is 12.8. The molecule has 0 spiro atoms. The number of halogens is 1. The Balaban J connectivity index is 2.08. The van der Waals surface area contributed by atoms with Crippen molar-refractivity contribution in [2.24, 2.45) is 4.99 Å². The van der Waals surface area contributed by atoms with Gasteiger partial charge in [0.1, 0.15) is 18.2 Å². The van der Waals surface area contributed by atoms with Crippen molar-refractivity contribution in [2.45, 2.75) is 6.42 Å². The zero-order chi connectivity index (χ0) is 9.97. The molecule has 1 amide bonds. The molecule has 0 saturated carbocycles. The quantitative estimate of drug-likeness (QED) is 0.743. The van der Waals surface area contributed by atoms with Crippen LogP contribution in [0.15, 0.2) is 29.3 Å². The lowest BCUT2D eigenvalue weighted by molar-refractivity contribution is -0.117. The Kier molecular flexibility index (Phi) is 2.26. The molecule has 0 radical (unpaired) electrons. The average molecular weight is 192 g/mol. The summed E-state index contributed by atoms with van der Waals surface area (Å²) in [5, 5.41) is 2.61. The summed E-state index contributed by atoms with van der Waals surface area (Å²) in [5.41, 5.74) is 0.811. The number of aliphatic imine (C=N–C) groups is 1. The number of rotatable bonds is 2. The summed E-state index contributed by atoms with van der Waals surface area (Å²) >= 11 is 0. The summed E-state index contributed by atoms with van der Waals surface area (Å²) in [7, 11) is 0. The molecule has 1 N–H and O–H groups in total. The second-order valence-electron chi connectivity index (χ2n) is 3.12. The SMILES string of the molecule is O=C1CN=C(Cc2cccc(F)c2)N1.